The van der Waals surface area contributed by atoms with Crippen LogP contribution in [-0.2, 0) is 14.8 Å². The van der Waals surface area contributed by atoms with E-state index in [4.69, 9.17) is 14.6 Å². The van der Waals surface area contributed by atoms with Crippen molar-refractivity contribution in [1.29, 1.82) is 0 Å². The van der Waals surface area contributed by atoms with E-state index in [1.807, 2.05) is 0 Å². The van der Waals surface area contributed by atoms with E-state index in [2.05, 4.69) is 15.9 Å². The third-order valence-corrected chi connectivity index (χ3v) is 5.77. The van der Waals surface area contributed by atoms with E-state index in [1.54, 1.807) is 6.07 Å². The second kappa shape index (κ2) is 5.53. The Balaban J connectivity index is 1.73. The van der Waals surface area contributed by atoms with Gasteiger partial charge in [-0.2, -0.15) is 0 Å². The highest BCUT2D eigenvalue weighted by molar-refractivity contribution is 9.10. The lowest BCUT2D eigenvalue weighted by Crippen LogP contribution is -2.48. The predicted molar refractivity (Wildman–Crippen MR) is 81.7 cm³/mol. The smallest absolute Gasteiger partial charge is 0.238 e. The SMILES string of the molecule is NS(=O)(=O)c1ccc(OC2CCOC3(CCC3)C2)c(Br)c1. The van der Waals surface area contributed by atoms with Gasteiger partial charge in [-0.15, -0.1) is 0 Å². The Bertz CT molecular complexity index is 642. The lowest BCUT2D eigenvalue weighted by Gasteiger charge is -2.46. The molecule has 1 unspecified atom stereocenters. The molecule has 3 rings (SSSR count). The number of nitrogens with two attached hydrogens (primary N) is 1. The highest BCUT2D eigenvalue weighted by Gasteiger charge is 2.43. The minimum atomic E-state index is -3.69. The van der Waals surface area contributed by atoms with Crippen LogP contribution in [0.2, 0.25) is 0 Å². The molecule has 1 heterocycles. The Hall–Kier alpha value is -0.630. The molecule has 1 aromatic rings. The molecular formula is C14H18BrNO4S. The molecule has 0 radical (unpaired) electrons. The average Bonchev–Trinajstić information content (AvgIpc) is 2.38. The number of hydrogen-bond donors (Lipinski definition) is 1. The van der Waals surface area contributed by atoms with E-state index in [1.165, 1.54) is 18.6 Å². The summed E-state index contributed by atoms with van der Waals surface area (Å²) in [5.74, 6) is 0.642. The molecule has 0 amide bonds. The molecule has 0 bridgehead atoms. The number of halogens is 1. The summed E-state index contributed by atoms with van der Waals surface area (Å²) in [5.41, 5.74) is 0.0237. The van der Waals surface area contributed by atoms with Gasteiger partial charge in [0.2, 0.25) is 10.0 Å². The maximum atomic E-state index is 11.3. The van der Waals surface area contributed by atoms with Gasteiger partial charge >= 0.3 is 0 Å². The maximum Gasteiger partial charge on any atom is 0.238 e. The number of ether oxygens (including phenoxy) is 2. The first-order chi connectivity index (χ1) is 9.88. The van der Waals surface area contributed by atoms with E-state index in [-0.39, 0.29) is 16.6 Å². The molecular weight excluding hydrogens is 358 g/mol. The molecule has 116 valence electrons. The highest BCUT2D eigenvalue weighted by atomic mass is 79.9. The fourth-order valence-electron chi connectivity index (χ4n) is 2.94. The molecule has 21 heavy (non-hydrogen) atoms. The first-order valence-corrected chi connectivity index (χ1v) is 9.35. The van der Waals surface area contributed by atoms with Crippen molar-refractivity contribution in [2.75, 3.05) is 6.61 Å². The van der Waals surface area contributed by atoms with E-state index < -0.39 is 10.0 Å². The maximum absolute atomic E-state index is 11.3. The van der Waals surface area contributed by atoms with Crippen LogP contribution in [0.3, 0.4) is 0 Å². The average molecular weight is 376 g/mol. The van der Waals surface area contributed by atoms with Crippen LogP contribution < -0.4 is 9.88 Å². The van der Waals surface area contributed by atoms with Crippen LogP contribution in [0.1, 0.15) is 32.1 Å². The van der Waals surface area contributed by atoms with Gasteiger partial charge in [-0.1, -0.05) is 0 Å². The van der Waals surface area contributed by atoms with Crippen molar-refractivity contribution in [2.24, 2.45) is 5.14 Å². The zero-order valence-electron chi connectivity index (χ0n) is 11.5. The lowest BCUT2D eigenvalue weighted by molar-refractivity contribution is -0.153. The summed E-state index contributed by atoms with van der Waals surface area (Å²) in [6.45, 7) is 0.720. The standard InChI is InChI=1S/C14H18BrNO4S/c15-12-8-11(21(16,17)18)2-3-13(12)20-10-4-7-19-14(9-10)5-1-6-14/h2-3,8,10H,1,4-7,9H2,(H2,16,17,18). The van der Waals surface area contributed by atoms with Crippen LogP contribution in [0.15, 0.2) is 27.6 Å². The number of primary sulfonamides is 1. The normalized spacial score (nSPS) is 24.6. The van der Waals surface area contributed by atoms with Crippen molar-refractivity contribution in [3.05, 3.63) is 22.7 Å². The van der Waals surface area contributed by atoms with Crippen molar-refractivity contribution in [3.8, 4) is 5.75 Å². The topological polar surface area (TPSA) is 78.6 Å². The summed E-state index contributed by atoms with van der Waals surface area (Å²) in [5, 5.41) is 5.12. The van der Waals surface area contributed by atoms with E-state index in [0.29, 0.717) is 10.2 Å². The molecule has 7 heteroatoms. The van der Waals surface area contributed by atoms with Gasteiger partial charge in [-0.3, -0.25) is 0 Å². The second-order valence-electron chi connectivity index (χ2n) is 5.75. The fourth-order valence-corrected chi connectivity index (χ4v) is 4.10. The van der Waals surface area contributed by atoms with E-state index in [9.17, 15) is 8.42 Å². The number of hydrogen-bond acceptors (Lipinski definition) is 4. The van der Waals surface area contributed by atoms with Crippen LogP contribution in [-0.4, -0.2) is 26.7 Å². The molecule has 1 aliphatic heterocycles. The fraction of sp³-hybridized carbons (Fsp3) is 0.571. The zero-order valence-corrected chi connectivity index (χ0v) is 14.0. The van der Waals surface area contributed by atoms with Crippen molar-refractivity contribution < 1.29 is 17.9 Å². The Kier molecular flexibility index (Phi) is 4.02. The van der Waals surface area contributed by atoms with Crippen LogP contribution in [0.5, 0.6) is 5.75 Å². The minimum Gasteiger partial charge on any atom is -0.489 e. The van der Waals surface area contributed by atoms with E-state index in [0.717, 1.165) is 32.3 Å². The Morgan fingerprint density at radius 3 is 2.71 bits per heavy atom. The summed E-state index contributed by atoms with van der Waals surface area (Å²) >= 11 is 3.35. The largest absolute Gasteiger partial charge is 0.489 e. The monoisotopic (exact) mass is 375 g/mol. The molecule has 2 aliphatic rings. The van der Waals surface area contributed by atoms with Crippen LogP contribution in [0.25, 0.3) is 0 Å². The van der Waals surface area contributed by atoms with Gasteiger partial charge in [0.15, 0.2) is 0 Å². The van der Waals surface area contributed by atoms with Crippen LogP contribution in [0, 0.1) is 0 Å². The second-order valence-corrected chi connectivity index (χ2v) is 8.17. The summed E-state index contributed by atoms with van der Waals surface area (Å²) in [7, 11) is -3.69. The van der Waals surface area contributed by atoms with Crippen LogP contribution >= 0.6 is 15.9 Å². The molecule has 1 saturated heterocycles. The molecule has 1 saturated carbocycles. The third kappa shape index (κ3) is 3.26. The quantitative estimate of drug-likeness (QED) is 0.880. The van der Waals surface area contributed by atoms with Crippen molar-refractivity contribution in [2.45, 2.75) is 48.7 Å². The molecule has 0 aromatic heterocycles. The number of sulfonamides is 1. The van der Waals surface area contributed by atoms with Crippen molar-refractivity contribution in [1.82, 2.24) is 0 Å². The molecule has 5 nitrogen and oxygen atoms in total. The van der Waals surface area contributed by atoms with Crippen molar-refractivity contribution >= 4 is 26.0 Å². The Morgan fingerprint density at radius 2 is 2.14 bits per heavy atom. The minimum absolute atomic E-state index is 0.0237. The van der Waals surface area contributed by atoms with Gasteiger partial charge in [0.05, 0.1) is 21.6 Å². The van der Waals surface area contributed by atoms with Crippen molar-refractivity contribution in [3.63, 3.8) is 0 Å². The molecule has 2 N–H and O–H groups in total. The van der Waals surface area contributed by atoms with Gasteiger partial charge in [-0.05, 0) is 53.4 Å². The van der Waals surface area contributed by atoms with Gasteiger partial charge < -0.3 is 9.47 Å². The molecule has 1 spiro atoms. The zero-order chi connectivity index (χ0) is 15.1. The molecule has 1 aromatic carbocycles. The molecule has 1 aliphatic carbocycles. The van der Waals surface area contributed by atoms with Gasteiger partial charge in [0.1, 0.15) is 11.9 Å². The summed E-state index contributed by atoms with van der Waals surface area (Å²) in [6, 6.07) is 4.59. The first-order valence-electron chi connectivity index (χ1n) is 7.01. The summed E-state index contributed by atoms with van der Waals surface area (Å²) in [6.07, 6.45) is 5.30. The summed E-state index contributed by atoms with van der Waals surface area (Å²) in [4.78, 5) is 0.0733. The lowest BCUT2D eigenvalue weighted by atomic mass is 9.74. The summed E-state index contributed by atoms with van der Waals surface area (Å²) < 4.78 is 35.1. The molecule has 2 fully saturated rings. The number of rotatable bonds is 3. The van der Waals surface area contributed by atoms with E-state index >= 15 is 0 Å². The van der Waals surface area contributed by atoms with Crippen LogP contribution in [0.4, 0.5) is 0 Å². The predicted octanol–water partition coefficient (Wildman–Crippen LogP) is 2.58. The highest BCUT2D eigenvalue weighted by Crippen LogP contribution is 2.43. The third-order valence-electron chi connectivity index (χ3n) is 4.24. The van der Waals surface area contributed by atoms with Gasteiger partial charge in [-0.25, -0.2) is 13.6 Å². The van der Waals surface area contributed by atoms with Gasteiger partial charge in [0.25, 0.3) is 0 Å². The first kappa shape index (κ1) is 15.3. The Labute approximate surface area is 133 Å². The molecule has 1 atom stereocenters. The van der Waals surface area contributed by atoms with Gasteiger partial charge in [0, 0.05) is 12.8 Å². The number of benzene rings is 1. The Morgan fingerprint density at radius 1 is 1.38 bits per heavy atom.